The van der Waals surface area contributed by atoms with Gasteiger partial charge in [0.25, 0.3) is 5.91 Å². The fourth-order valence-corrected chi connectivity index (χ4v) is 2.60. The molecule has 1 N–H and O–H groups in total. The molecule has 0 saturated carbocycles. The summed E-state index contributed by atoms with van der Waals surface area (Å²) >= 11 is 0. The molecule has 6 heteroatoms. The highest BCUT2D eigenvalue weighted by molar-refractivity contribution is 5.94. The molecular formula is C18H23N3O3. The van der Waals surface area contributed by atoms with Crippen LogP contribution in [0.1, 0.15) is 34.2 Å². The lowest BCUT2D eigenvalue weighted by molar-refractivity contribution is -0.141. The number of aliphatic carboxylic acids is 1. The number of carbonyl (C=O) groups is 2. The molecule has 1 amide bonds. The second-order valence-corrected chi connectivity index (χ2v) is 6.21. The second kappa shape index (κ2) is 7.29. The molecule has 0 fully saturated rings. The maximum absolute atomic E-state index is 12.5. The van der Waals surface area contributed by atoms with E-state index in [0.717, 1.165) is 17.0 Å². The highest BCUT2D eigenvalue weighted by Crippen LogP contribution is 2.12. The van der Waals surface area contributed by atoms with E-state index in [-0.39, 0.29) is 12.5 Å². The molecule has 6 nitrogen and oxygen atoms in total. The SMILES string of the molecule is Cc1cc(C)n(Cc2cccc(C(=O)N(C)CC(C)C(=O)O)c2)n1. The van der Waals surface area contributed by atoms with Crippen molar-refractivity contribution >= 4 is 11.9 Å². The van der Waals surface area contributed by atoms with Crippen molar-refractivity contribution in [2.45, 2.75) is 27.3 Å². The van der Waals surface area contributed by atoms with E-state index in [1.54, 1.807) is 20.0 Å². The van der Waals surface area contributed by atoms with Gasteiger partial charge in [-0.25, -0.2) is 0 Å². The van der Waals surface area contributed by atoms with Crippen LogP contribution in [-0.2, 0) is 11.3 Å². The molecule has 0 aliphatic rings. The van der Waals surface area contributed by atoms with Crippen molar-refractivity contribution in [3.8, 4) is 0 Å². The Hall–Kier alpha value is -2.63. The van der Waals surface area contributed by atoms with Crippen LogP contribution in [0.3, 0.4) is 0 Å². The Morgan fingerprint density at radius 3 is 2.58 bits per heavy atom. The van der Waals surface area contributed by atoms with Crippen molar-refractivity contribution in [2.75, 3.05) is 13.6 Å². The summed E-state index contributed by atoms with van der Waals surface area (Å²) < 4.78 is 1.90. The van der Waals surface area contributed by atoms with E-state index in [4.69, 9.17) is 5.11 Å². The zero-order valence-electron chi connectivity index (χ0n) is 14.5. The van der Waals surface area contributed by atoms with Crippen molar-refractivity contribution in [3.63, 3.8) is 0 Å². The molecule has 0 aliphatic carbocycles. The molecule has 0 saturated heterocycles. The van der Waals surface area contributed by atoms with Gasteiger partial charge in [0.15, 0.2) is 0 Å². The zero-order valence-corrected chi connectivity index (χ0v) is 14.5. The number of carboxylic acids is 1. The van der Waals surface area contributed by atoms with Gasteiger partial charge in [-0.05, 0) is 37.6 Å². The minimum atomic E-state index is -0.909. The molecule has 2 rings (SSSR count). The van der Waals surface area contributed by atoms with Gasteiger partial charge in [-0.3, -0.25) is 14.3 Å². The van der Waals surface area contributed by atoms with Crippen LogP contribution in [0.5, 0.6) is 0 Å². The third-order valence-corrected chi connectivity index (χ3v) is 3.93. The highest BCUT2D eigenvalue weighted by atomic mass is 16.4. The van der Waals surface area contributed by atoms with Crippen LogP contribution in [0.25, 0.3) is 0 Å². The number of hydrogen-bond donors (Lipinski definition) is 1. The summed E-state index contributed by atoms with van der Waals surface area (Å²) in [6.07, 6.45) is 0. The zero-order chi connectivity index (χ0) is 17.9. The molecule has 1 unspecified atom stereocenters. The molecule has 128 valence electrons. The number of carbonyl (C=O) groups excluding carboxylic acids is 1. The molecule has 2 aromatic rings. The minimum Gasteiger partial charge on any atom is -0.481 e. The van der Waals surface area contributed by atoms with E-state index in [9.17, 15) is 9.59 Å². The molecule has 0 radical (unpaired) electrons. The molecular weight excluding hydrogens is 306 g/mol. The summed E-state index contributed by atoms with van der Waals surface area (Å²) in [5, 5.41) is 13.4. The van der Waals surface area contributed by atoms with E-state index in [2.05, 4.69) is 5.10 Å². The maximum Gasteiger partial charge on any atom is 0.308 e. The predicted molar refractivity (Wildman–Crippen MR) is 91.0 cm³/mol. The average molecular weight is 329 g/mol. The van der Waals surface area contributed by atoms with Crippen molar-refractivity contribution < 1.29 is 14.7 Å². The first kappa shape index (κ1) is 17.7. The van der Waals surface area contributed by atoms with Gasteiger partial charge in [0.05, 0.1) is 18.2 Å². The maximum atomic E-state index is 12.5. The number of rotatable bonds is 6. The lowest BCUT2D eigenvalue weighted by Gasteiger charge is -2.19. The topological polar surface area (TPSA) is 75.4 Å². The number of aromatic nitrogens is 2. The minimum absolute atomic E-state index is 0.176. The molecule has 0 spiro atoms. The third-order valence-electron chi connectivity index (χ3n) is 3.93. The van der Waals surface area contributed by atoms with Crippen LogP contribution in [0.4, 0.5) is 0 Å². The number of amides is 1. The largest absolute Gasteiger partial charge is 0.481 e. The Morgan fingerprint density at radius 1 is 1.29 bits per heavy atom. The number of carboxylic acid groups (broad SMARTS) is 1. The van der Waals surface area contributed by atoms with Crippen LogP contribution >= 0.6 is 0 Å². The number of hydrogen-bond acceptors (Lipinski definition) is 3. The molecule has 0 aliphatic heterocycles. The third kappa shape index (κ3) is 4.22. The molecule has 1 atom stereocenters. The van der Waals surface area contributed by atoms with Crippen LogP contribution in [0.2, 0.25) is 0 Å². The number of aryl methyl sites for hydroxylation is 2. The van der Waals surface area contributed by atoms with Crippen LogP contribution in [0, 0.1) is 19.8 Å². The standard InChI is InChI=1S/C18H23N3O3/c1-12(18(23)24)10-20(4)17(22)16-7-5-6-15(9-16)11-21-14(3)8-13(2)19-21/h5-9,12H,10-11H2,1-4H3,(H,23,24). The quantitative estimate of drug-likeness (QED) is 0.882. The highest BCUT2D eigenvalue weighted by Gasteiger charge is 2.18. The van der Waals surface area contributed by atoms with Gasteiger partial charge in [0.1, 0.15) is 0 Å². The van der Waals surface area contributed by atoms with Gasteiger partial charge in [0, 0.05) is 24.8 Å². The van der Waals surface area contributed by atoms with Gasteiger partial charge in [-0.2, -0.15) is 5.10 Å². The Balaban J connectivity index is 2.13. The van der Waals surface area contributed by atoms with Crippen molar-refractivity contribution in [1.29, 1.82) is 0 Å². The first-order valence-electron chi connectivity index (χ1n) is 7.86. The molecule has 1 aromatic heterocycles. The summed E-state index contributed by atoms with van der Waals surface area (Å²) in [7, 11) is 1.62. The lowest BCUT2D eigenvalue weighted by Crippen LogP contribution is -2.33. The van der Waals surface area contributed by atoms with E-state index in [1.165, 1.54) is 4.90 Å². The van der Waals surface area contributed by atoms with E-state index in [1.807, 2.05) is 42.8 Å². The fraction of sp³-hybridized carbons (Fsp3) is 0.389. The van der Waals surface area contributed by atoms with Crippen molar-refractivity contribution in [1.82, 2.24) is 14.7 Å². The lowest BCUT2D eigenvalue weighted by atomic mass is 10.1. The summed E-state index contributed by atoms with van der Waals surface area (Å²) in [4.78, 5) is 24.9. The Labute approximate surface area is 141 Å². The summed E-state index contributed by atoms with van der Waals surface area (Å²) in [5.41, 5.74) is 3.56. The average Bonchev–Trinajstić information content (AvgIpc) is 2.84. The molecule has 24 heavy (non-hydrogen) atoms. The normalized spacial score (nSPS) is 12.0. The van der Waals surface area contributed by atoms with Crippen molar-refractivity contribution in [2.24, 2.45) is 5.92 Å². The van der Waals surface area contributed by atoms with Crippen LogP contribution in [0.15, 0.2) is 30.3 Å². The van der Waals surface area contributed by atoms with Crippen LogP contribution < -0.4 is 0 Å². The van der Waals surface area contributed by atoms with Gasteiger partial charge in [-0.15, -0.1) is 0 Å². The van der Waals surface area contributed by atoms with Gasteiger partial charge < -0.3 is 10.0 Å². The molecule has 1 aromatic carbocycles. The Kier molecular flexibility index (Phi) is 5.39. The number of benzene rings is 1. The van der Waals surface area contributed by atoms with E-state index < -0.39 is 11.9 Å². The Bertz CT molecular complexity index is 752. The summed E-state index contributed by atoms with van der Waals surface area (Å²) in [6.45, 7) is 6.30. The van der Waals surface area contributed by atoms with E-state index >= 15 is 0 Å². The van der Waals surface area contributed by atoms with Crippen LogP contribution in [-0.4, -0.2) is 45.3 Å². The second-order valence-electron chi connectivity index (χ2n) is 6.21. The van der Waals surface area contributed by atoms with Crippen molar-refractivity contribution in [3.05, 3.63) is 52.8 Å². The van der Waals surface area contributed by atoms with Gasteiger partial charge >= 0.3 is 5.97 Å². The summed E-state index contributed by atoms with van der Waals surface area (Å²) in [5.74, 6) is -1.69. The van der Waals surface area contributed by atoms with Gasteiger partial charge in [-0.1, -0.05) is 19.1 Å². The Morgan fingerprint density at radius 2 is 2.00 bits per heavy atom. The molecule has 0 bridgehead atoms. The first-order chi connectivity index (χ1) is 11.3. The van der Waals surface area contributed by atoms with Gasteiger partial charge in [0.2, 0.25) is 0 Å². The fourth-order valence-electron chi connectivity index (χ4n) is 2.60. The van der Waals surface area contributed by atoms with E-state index in [0.29, 0.717) is 12.1 Å². The number of nitrogens with zero attached hydrogens (tertiary/aromatic N) is 3. The monoisotopic (exact) mass is 329 g/mol. The summed E-state index contributed by atoms with van der Waals surface area (Å²) in [6, 6.07) is 9.38. The predicted octanol–water partition coefficient (Wildman–Crippen LogP) is 2.34. The molecule has 1 heterocycles. The first-order valence-corrected chi connectivity index (χ1v) is 7.86. The smallest absolute Gasteiger partial charge is 0.308 e.